The summed E-state index contributed by atoms with van der Waals surface area (Å²) in [5.74, 6) is 6.23. The Bertz CT molecular complexity index is 618. The summed E-state index contributed by atoms with van der Waals surface area (Å²) in [5, 5.41) is 0. The molecule has 5 saturated carbocycles. The Labute approximate surface area is 176 Å². The molecule has 0 heterocycles. The first-order valence-corrected chi connectivity index (χ1v) is 13.2. The molecule has 160 valence electrons. The second kappa shape index (κ2) is 6.26. The Morgan fingerprint density at radius 2 is 1.39 bits per heavy atom. The van der Waals surface area contributed by atoms with Gasteiger partial charge in [0.1, 0.15) is 0 Å². The minimum atomic E-state index is 0.573. The van der Waals surface area contributed by atoms with Crippen LogP contribution in [0.3, 0.4) is 0 Å². The highest BCUT2D eigenvalue weighted by molar-refractivity contribution is 5.16. The fraction of sp³-hybridized carbons (Fsp3) is 1.00. The number of fused-ring (bicyclic) bond motifs is 7. The lowest BCUT2D eigenvalue weighted by Gasteiger charge is -2.71. The van der Waals surface area contributed by atoms with Crippen molar-refractivity contribution in [3.05, 3.63) is 0 Å². The van der Waals surface area contributed by atoms with Crippen molar-refractivity contribution in [1.82, 2.24) is 0 Å². The molecule has 0 amide bonds. The molecule has 0 aromatic rings. The highest BCUT2D eigenvalue weighted by Gasteiger charge is 2.67. The van der Waals surface area contributed by atoms with Crippen molar-refractivity contribution < 1.29 is 0 Å². The van der Waals surface area contributed by atoms with Crippen molar-refractivity contribution in [2.24, 2.45) is 57.2 Å². The van der Waals surface area contributed by atoms with Gasteiger partial charge in [-0.2, -0.15) is 0 Å². The van der Waals surface area contributed by atoms with E-state index in [1.807, 2.05) is 0 Å². The van der Waals surface area contributed by atoms with Crippen LogP contribution in [0.1, 0.15) is 119 Å². The molecule has 9 atom stereocenters. The van der Waals surface area contributed by atoms with Crippen molar-refractivity contribution in [2.75, 3.05) is 0 Å². The maximum atomic E-state index is 2.81. The molecule has 28 heavy (non-hydrogen) atoms. The zero-order valence-electron chi connectivity index (χ0n) is 19.9. The zero-order valence-corrected chi connectivity index (χ0v) is 19.9. The lowest BCUT2D eigenvalue weighted by Crippen LogP contribution is -2.64. The van der Waals surface area contributed by atoms with Crippen LogP contribution >= 0.6 is 0 Å². The normalized spacial score (nSPS) is 57.6. The van der Waals surface area contributed by atoms with Gasteiger partial charge in [0.05, 0.1) is 0 Å². The first kappa shape index (κ1) is 19.9. The molecule has 0 nitrogen and oxygen atoms in total. The summed E-state index contributed by atoms with van der Waals surface area (Å²) >= 11 is 0. The van der Waals surface area contributed by atoms with Crippen LogP contribution in [0.4, 0.5) is 0 Å². The van der Waals surface area contributed by atoms with Crippen molar-refractivity contribution in [1.29, 1.82) is 0 Å². The van der Waals surface area contributed by atoms with Crippen molar-refractivity contribution in [2.45, 2.75) is 119 Å². The van der Waals surface area contributed by atoms with Gasteiger partial charge in [0.15, 0.2) is 0 Å². The highest BCUT2D eigenvalue weighted by atomic mass is 14.7. The average Bonchev–Trinajstić information content (AvgIpc) is 3.04. The molecule has 0 spiro atoms. The third-order valence-corrected chi connectivity index (χ3v) is 12.7. The van der Waals surface area contributed by atoms with Gasteiger partial charge in [-0.05, 0) is 121 Å². The molecule has 5 rings (SSSR count). The van der Waals surface area contributed by atoms with E-state index in [0.717, 1.165) is 35.5 Å². The fourth-order valence-corrected chi connectivity index (χ4v) is 11.3. The van der Waals surface area contributed by atoms with Crippen LogP contribution in [0.15, 0.2) is 0 Å². The van der Waals surface area contributed by atoms with E-state index in [4.69, 9.17) is 0 Å². The number of hydrogen-bond donors (Lipinski definition) is 0. The summed E-state index contributed by atoms with van der Waals surface area (Å²) in [4.78, 5) is 0. The summed E-state index contributed by atoms with van der Waals surface area (Å²) in [6, 6.07) is 0. The van der Waals surface area contributed by atoms with Gasteiger partial charge < -0.3 is 0 Å². The smallest absolute Gasteiger partial charge is 0.0235 e. The Kier molecular flexibility index (Phi) is 4.46. The molecule has 0 aromatic heterocycles. The number of hydrogen-bond acceptors (Lipinski definition) is 0. The Hall–Kier alpha value is 0. The molecular weight excluding hydrogens is 336 g/mol. The third-order valence-electron chi connectivity index (χ3n) is 12.7. The van der Waals surface area contributed by atoms with Gasteiger partial charge in [-0.1, -0.05) is 54.4 Å². The van der Waals surface area contributed by atoms with Crippen LogP contribution in [0.2, 0.25) is 0 Å². The topological polar surface area (TPSA) is 0 Å². The molecule has 0 aliphatic heterocycles. The summed E-state index contributed by atoms with van der Waals surface area (Å²) in [6.45, 7) is 16.1. The van der Waals surface area contributed by atoms with Crippen LogP contribution in [-0.2, 0) is 0 Å². The second-order valence-electron chi connectivity index (χ2n) is 13.6. The van der Waals surface area contributed by atoms with Crippen LogP contribution in [0.5, 0.6) is 0 Å². The highest BCUT2D eigenvalue weighted by Crippen LogP contribution is 2.75. The van der Waals surface area contributed by atoms with E-state index in [2.05, 4.69) is 41.5 Å². The Morgan fingerprint density at radius 1 is 0.643 bits per heavy atom. The zero-order chi connectivity index (χ0) is 19.9. The molecule has 5 fully saturated rings. The van der Waals surface area contributed by atoms with E-state index in [9.17, 15) is 0 Å². The minimum Gasteiger partial charge on any atom is -0.0651 e. The van der Waals surface area contributed by atoms with E-state index < -0.39 is 0 Å². The van der Waals surface area contributed by atoms with Crippen molar-refractivity contribution in [3.63, 3.8) is 0 Å². The lowest BCUT2D eigenvalue weighted by atomic mass is 9.33. The monoisotopic (exact) mass is 384 g/mol. The summed E-state index contributed by atoms with van der Waals surface area (Å²) in [5.41, 5.74) is 2.41. The van der Waals surface area contributed by atoms with E-state index in [1.54, 1.807) is 38.5 Å². The van der Waals surface area contributed by atoms with Crippen molar-refractivity contribution >= 4 is 0 Å². The van der Waals surface area contributed by atoms with E-state index in [1.165, 1.54) is 38.5 Å². The van der Waals surface area contributed by atoms with Crippen LogP contribution in [0.25, 0.3) is 0 Å². The Morgan fingerprint density at radius 3 is 2.14 bits per heavy atom. The Balaban J connectivity index is 1.50. The average molecular weight is 385 g/mol. The van der Waals surface area contributed by atoms with Gasteiger partial charge in [-0.3, -0.25) is 0 Å². The maximum absolute atomic E-state index is 2.81. The van der Waals surface area contributed by atoms with Crippen LogP contribution < -0.4 is 0 Å². The molecule has 0 heteroatoms. The minimum absolute atomic E-state index is 0.573. The predicted molar refractivity (Wildman–Crippen MR) is 120 cm³/mol. The third kappa shape index (κ3) is 2.36. The van der Waals surface area contributed by atoms with Gasteiger partial charge in [0.25, 0.3) is 0 Å². The number of rotatable bonds is 1. The summed E-state index contributed by atoms with van der Waals surface area (Å²) in [6.07, 6.45) is 18.3. The van der Waals surface area contributed by atoms with Gasteiger partial charge in [0, 0.05) is 0 Å². The van der Waals surface area contributed by atoms with E-state index >= 15 is 0 Å². The van der Waals surface area contributed by atoms with Gasteiger partial charge in [0.2, 0.25) is 0 Å². The molecule has 5 aliphatic carbocycles. The molecule has 0 aromatic carbocycles. The molecule has 0 bridgehead atoms. The second-order valence-corrected chi connectivity index (χ2v) is 13.6. The molecule has 0 N–H and O–H groups in total. The van der Waals surface area contributed by atoms with Gasteiger partial charge >= 0.3 is 0 Å². The van der Waals surface area contributed by atoms with E-state index in [-0.39, 0.29) is 0 Å². The fourth-order valence-electron chi connectivity index (χ4n) is 11.3. The summed E-state index contributed by atoms with van der Waals surface area (Å²) < 4.78 is 0. The first-order valence-electron chi connectivity index (χ1n) is 13.2. The first-order chi connectivity index (χ1) is 13.2. The molecular formula is C28H48. The van der Waals surface area contributed by atoms with Crippen molar-refractivity contribution in [3.8, 4) is 0 Å². The molecule has 0 radical (unpaired) electrons. The van der Waals surface area contributed by atoms with Gasteiger partial charge in [-0.25, -0.2) is 0 Å². The lowest BCUT2D eigenvalue weighted by molar-refractivity contribution is -0.227. The SMILES string of the molecule is CC[C@H]1CC[C@H]2[C@H]1CC[C@]1(C)[C@@H]2CC[C@@H]2[C@@]3(C)CCCC(C)(C)[C@@H]3CC[C@]21C. The largest absolute Gasteiger partial charge is 0.0651 e. The summed E-state index contributed by atoms with van der Waals surface area (Å²) in [7, 11) is 0. The predicted octanol–water partition coefficient (Wildman–Crippen LogP) is 8.50. The van der Waals surface area contributed by atoms with E-state index in [0.29, 0.717) is 21.7 Å². The standard InChI is InChI=1S/C28H48/c1-7-19-9-10-21-20(19)13-17-27(5)22(21)11-12-24-26(4)16-8-15-25(2,3)23(26)14-18-28(24,27)6/h19-24H,7-18H2,1-6H3/t19-,20-,21-,22+,23-,24+,26-,27+,28+/m0/s1. The van der Waals surface area contributed by atoms with Gasteiger partial charge in [-0.15, -0.1) is 0 Å². The van der Waals surface area contributed by atoms with Crippen LogP contribution in [0, 0.1) is 57.2 Å². The molecule has 0 saturated heterocycles. The van der Waals surface area contributed by atoms with Crippen LogP contribution in [-0.4, -0.2) is 0 Å². The quantitative estimate of drug-likeness (QED) is 0.425. The molecule has 0 unspecified atom stereocenters. The molecule has 5 aliphatic rings. The maximum Gasteiger partial charge on any atom is -0.0235 e.